The van der Waals surface area contributed by atoms with E-state index in [2.05, 4.69) is 44.3 Å². The highest BCUT2D eigenvalue weighted by atomic mass is 16.3. The molecule has 0 radical (unpaired) electrons. The Morgan fingerprint density at radius 2 is 1.86 bits per heavy atom. The van der Waals surface area contributed by atoms with Crippen LogP contribution in [0.3, 0.4) is 0 Å². The van der Waals surface area contributed by atoms with Crippen molar-refractivity contribution in [2.24, 2.45) is 0 Å². The van der Waals surface area contributed by atoms with Crippen molar-refractivity contribution in [3.05, 3.63) is 53.3 Å². The topological polar surface area (TPSA) is 50.1 Å². The van der Waals surface area contributed by atoms with E-state index in [1.54, 1.807) is 0 Å². The number of benzene rings is 1. The Morgan fingerprint density at radius 1 is 1.23 bits per heavy atom. The summed E-state index contributed by atoms with van der Waals surface area (Å²) in [5.41, 5.74) is 3.12. The maximum absolute atomic E-state index is 10.2. The van der Waals surface area contributed by atoms with Gasteiger partial charge in [-0.05, 0) is 40.2 Å². The summed E-state index contributed by atoms with van der Waals surface area (Å²) in [6.45, 7) is 11.1. The van der Waals surface area contributed by atoms with E-state index in [0.717, 1.165) is 11.3 Å². The molecule has 2 rings (SSSR count). The van der Waals surface area contributed by atoms with Crippen molar-refractivity contribution in [3.8, 4) is 0 Å². The number of aryl methyl sites for hydroxylation is 1. The van der Waals surface area contributed by atoms with Crippen LogP contribution in [0.25, 0.3) is 0 Å². The molecule has 0 saturated heterocycles. The molecule has 0 unspecified atom stereocenters. The van der Waals surface area contributed by atoms with Crippen LogP contribution in [0.15, 0.2) is 36.5 Å². The Balaban J connectivity index is 2.01. The van der Waals surface area contributed by atoms with Crippen LogP contribution in [0, 0.1) is 6.92 Å². The van der Waals surface area contributed by atoms with Crippen LogP contribution in [-0.2, 0) is 5.54 Å². The monoisotopic (exact) mass is 301 g/mol. The van der Waals surface area contributed by atoms with Crippen molar-refractivity contribution in [2.45, 2.75) is 52.3 Å². The van der Waals surface area contributed by atoms with Crippen molar-refractivity contribution in [1.29, 1.82) is 0 Å². The van der Waals surface area contributed by atoms with Crippen molar-refractivity contribution >= 4 is 0 Å². The number of rotatable bonds is 5. The molecule has 22 heavy (non-hydrogen) atoms. The molecule has 4 nitrogen and oxygen atoms in total. The van der Waals surface area contributed by atoms with Crippen LogP contribution >= 0.6 is 0 Å². The van der Waals surface area contributed by atoms with Crippen molar-refractivity contribution in [3.63, 3.8) is 0 Å². The van der Waals surface area contributed by atoms with Gasteiger partial charge in [-0.3, -0.25) is 4.68 Å². The number of nitrogens with one attached hydrogen (secondary N) is 1. The third-order valence-electron chi connectivity index (χ3n) is 3.89. The fraction of sp³-hybridized carbons (Fsp3) is 0.500. The van der Waals surface area contributed by atoms with Crippen LogP contribution in [-0.4, -0.2) is 21.4 Å². The van der Waals surface area contributed by atoms with Gasteiger partial charge in [0.1, 0.15) is 0 Å². The molecule has 0 bridgehead atoms. The minimum Gasteiger partial charge on any atom is -0.387 e. The molecule has 0 amide bonds. The molecule has 0 saturated carbocycles. The van der Waals surface area contributed by atoms with Crippen molar-refractivity contribution in [2.75, 3.05) is 6.54 Å². The Kier molecular flexibility index (Phi) is 5.04. The third-order valence-corrected chi connectivity index (χ3v) is 3.89. The number of hydrogen-bond donors (Lipinski definition) is 2. The first kappa shape index (κ1) is 16.7. The number of aliphatic hydroxyl groups excluding tert-OH is 1. The lowest BCUT2D eigenvalue weighted by molar-refractivity contribution is 0.170. The smallest absolute Gasteiger partial charge is 0.0914 e. The highest BCUT2D eigenvalue weighted by Gasteiger charge is 2.19. The SMILES string of the molecule is Cc1nn(C(C)(C)C)cc1[C@@H](C)NC[C@@H](O)c1ccccc1. The zero-order valence-corrected chi connectivity index (χ0v) is 14.2. The van der Waals surface area contributed by atoms with Gasteiger partial charge in [0.2, 0.25) is 0 Å². The summed E-state index contributed by atoms with van der Waals surface area (Å²) < 4.78 is 2.00. The molecule has 0 aliphatic rings. The van der Waals surface area contributed by atoms with Gasteiger partial charge in [-0.15, -0.1) is 0 Å². The standard InChI is InChI=1S/C18H27N3O/c1-13(16-12-21(18(3,4)5)20-14(16)2)19-11-17(22)15-9-7-6-8-10-15/h6-10,12-13,17,19,22H,11H2,1-5H3/t13-,17-/m1/s1. The molecule has 1 aromatic heterocycles. The summed E-state index contributed by atoms with van der Waals surface area (Å²) in [4.78, 5) is 0. The minimum atomic E-state index is -0.499. The predicted octanol–water partition coefficient (Wildman–Crippen LogP) is 3.33. The van der Waals surface area contributed by atoms with Crippen molar-refractivity contribution in [1.82, 2.24) is 15.1 Å². The molecule has 1 heterocycles. The Morgan fingerprint density at radius 3 is 2.41 bits per heavy atom. The van der Waals surface area contributed by atoms with E-state index < -0.39 is 6.10 Å². The number of aliphatic hydroxyl groups is 1. The van der Waals surface area contributed by atoms with E-state index in [9.17, 15) is 5.11 Å². The van der Waals surface area contributed by atoms with Crippen LogP contribution in [0.2, 0.25) is 0 Å². The molecule has 2 N–H and O–H groups in total. The van der Waals surface area contributed by atoms with E-state index in [1.807, 2.05) is 41.9 Å². The first-order chi connectivity index (χ1) is 10.3. The van der Waals surface area contributed by atoms with E-state index in [0.29, 0.717) is 6.54 Å². The highest BCUT2D eigenvalue weighted by molar-refractivity contribution is 5.21. The van der Waals surface area contributed by atoms with Gasteiger partial charge < -0.3 is 10.4 Å². The summed E-state index contributed by atoms with van der Waals surface area (Å²) in [6.07, 6.45) is 1.60. The lowest BCUT2D eigenvalue weighted by atomic mass is 10.1. The van der Waals surface area contributed by atoms with Gasteiger partial charge in [0.15, 0.2) is 0 Å². The minimum absolute atomic E-state index is 0.0215. The Hall–Kier alpha value is -1.65. The molecular weight excluding hydrogens is 274 g/mol. The lowest BCUT2D eigenvalue weighted by Gasteiger charge is -2.19. The largest absolute Gasteiger partial charge is 0.387 e. The van der Waals surface area contributed by atoms with E-state index >= 15 is 0 Å². The zero-order chi connectivity index (χ0) is 16.3. The second-order valence-electron chi connectivity index (χ2n) is 6.84. The fourth-order valence-corrected chi connectivity index (χ4v) is 2.43. The maximum atomic E-state index is 10.2. The van der Waals surface area contributed by atoms with Crippen LogP contribution < -0.4 is 5.32 Å². The Labute approximate surface area is 133 Å². The first-order valence-electron chi connectivity index (χ1n) is 7.82. The number of hydrogen-bond acceptors (Lipinski definition) is 3. The second-order valence-corrected chi connectivity index (χ2v) is 6.84. The van der Waals surface area contributed by atoms with Crippen molar-refractivity contribution < 1.29 is 5.11 Å². The zero-order valence-electron chi connectivity index (χ0n) is 14.2. The average molecular weight is 301 g/mol. The summed E-state index contributed by atoms with van der Waals surface area (Å²) >= 11 is 0. The van der Waals surface area contributed by atoms with Gasteiger partial charge in [-0.2, -0.15) is 5.10 Å². The van der Waals surface area contributed by atoms with Gasteiger partial charge in [0.05, 0.1) is 17.3 Å². The van der Waals surface area contributed by atoms with E-state index in [1.165, 1.54) is 5.56 Å². The van der Waals surface area contributed by atoms with Gasteiger partial charge in [-0.1, -0.05) is 30.3 Å². The van der Waals surface area contributed by atoms with E-state index in [-0.39, 0.29) is 11.6 Å². The van der Waals surface area contributed by atoms with Gasteiger partial charge in [-0.25, -0.2) is 0 Å². The molecule has 0 spiro atoms. The lowest BCUT2D eigenvalue weighted by Crippen LogP contribution is -2.25. The van der Waals surface area contributed by atoms with Gasteiger partial charge in [0.25, 0.3) is 0 Å². The molecule has 2 aromatic rings. The van der Waals surface area contributed by atoms with Gasteiger partial charge in [0, 0.05) is 24.3 Å². The summed E-state index contributed by atoms with van der Waals surface area (Å²) in [6, 6.07) is 9.88. The quantitative estimate of drug-likeness (QED) is 0.890. The maximum Gasteiger partial charge on any atom is 0.0914 e. The second kappa shape index (κ2) is 6.63. The normalized spacial score (nSPS) is 14.8. The summed E-state index contributed by atoms with van der Waals surface area (Å²) in [5.74, 6) is 0. The third kappa shape index (κ3) is 3.96. The molecule has 2 atom stereocenters. The number of nitrogens with zero attached hydrogens (tertiary/aromatic N) is 2. The molecule has 0 fully saturated rings. The average Bonchev–Trinajstić information content (AvgIpc) is 2.87. The molecule has 0 aliphatic heterocycles. The predicted molar refractivity (Wildman–Crippen MR) is 89.8 cm³/mol. The molecule has 1 aromatic carbocycles. The highest BCUT2D eigenvalue weighted by Crippen LogP contribution is 2.21. The summed E-state index contributed by atoms with van der Waals surface area (Å²) in [7, 11) is 0. The van der Waals surface area contributed by atoms with Crippen LogP contribution in [0.5, 0.6) is 0 Å². The van der Waals surface area contributed by atoms with E-state index in [4.69, 9.17) is 0 Å². The molecular formula is C18H27N3O. The molecule has 4 heteroatoms. The van der Waals surface area contributed by atoms with Gasteiger partial charge >= 0.3 is 0 Å². The molecule has 120 valence electrons. The summed E-state index contributed by atoms with van der Waals surface area (Å²) in [5, 5.41) is 18.2. The molecule has 0 aliphatic carbocycles. The van der Waals surface area contributed by atoms with Crippen LogP contribution in [0.4, 0.5) is 0 Å². The Bertz CT molecular complexity index is 599. The number of aromatic nitrogens is 2. The first-order valence-corrected chi connectivity index (χ1v) is 7.82. The fourth-order valence-electron chi connectivity index (χ4n) is 2.43. The van der Waals surface area contributed by atoms with Crippen LogP contribution in [0.1, 0.15) is 56.7 Å².